The number of benzene rings is 1. The van der Waals surface area contributed by atoms with E-state index in [1.807, 2.05) is 20.8 Å². The average molecular weight is 387 g/mol. The number of likely N-dealkylation sites (tertiary alicyclic amines) is 1. The van der Waals surface area contributed by atoms with Crippen LogP contribution in [-0.4, -0.2) is 47.7 Å². The summed E-state index contributed by atoms with van der Waals surface area (Å²) in [6.07, 6.45) is 0.559. The number of rotatable bonds is 3. The molecule has 128 valence electrons. The van der Waals surface area contributed by atoms with Crippen molar-refractivity contribution in [2.24, 2.45) is 0 Å². The van der Waals surface area contributed by atoms with E-state index in [0.29, 0.717) is 12.1 Å². The summed E-state index contributed by atoms with van der Waals surface area (Å²) < 4.78 is 20.1. The van der Waals surface area contributed by atoms with Gasteiger partial charge in [0.1, 0.15) is 11.4 Å². The summed E-state index contributed by atoms with van der Waals surface area (Å²) in [4.78, 5) is 15.9. The molecule has 23 heavy (non-hydrogen) atoms. The number of nitrogens with zero attached hydrogens (tertiary/aromatic N) is 2. The zero-order chi connectivity index (χ0) is 17.2. The third kappa shape index (κ3) is 5.18. The van der Waals surface area contributed by atoms with Crippen molar-refractivity contribution in [2.45, 2.75) is 45.4 Å². The Morgan fingerprint density at radius 1 is 1.48 bits per heavy atom. The monoisotopic (exact) mass is 386 g/mol. The number of halogens is 2. The van der Waals surface area contributed by atoms with Crippen LogP contribution in [0.1, 0.15) is 32.8 Å². The van der Waals surface area contributed by atoms with E-state index >= 15 is 0 Å². The zero-order valence-electron chi connectivity index (χ0n) is 14.1. The highest BCUT2D eigenvalue weighted by molar-refractivity contribution is 9.10. The van der Waals surface area contributed by atoms with Gasteiger partial charge in [0.25, 0.3) is 0 Å². The van der Waals surface area contributed by atoms with Crippen molar-refractivity contribution in [3.63, 3.8) is 0 Å². The summed E-state index contributed by atoms with van der Waals surface area (Å²) >= 11 is 3.37. The van der Waals surface area contributed by atoms with Crippen LogP contribution in [0.25, 0.3) is 0 Å². The van der Waals surface area contributed by atoms with Gasteiger partial charge in [-0.3, -0.25) is 4.90 Å². The third-order valence-electron chi connectivity index (χ3n) is 3.88. The molecule has 6 heteroatoms. The lowest BCUT2D eigenvalue weighted by molar-refractivity contribution is 0.0228. The number of hydrogen-bond donors (Lipinski definition) is 0. The molecule has 1 aliphatic rings. The van der Waals surface area contributed by atoms with Crippen LogP contribution in [-0.2, 0) is 11.3 Å². The van der Waals surface area contributed by atoms with Crippen molar-refractivity contribution in [1.29, 1.82) is 0 Å². The molecule has 1 fully saturated rings. The van der Waals surface area contributed by atoms with Gasteiger partial charge in [0.05, 0.1) is 0 Å². The minimum Gasteiger partial charge on any atom is -0.444 e. The average Bonchev–Trinajstić information content (AvgIpc) is 2.88. The van der Waals surface area contributed by atoms with Crippen molar-refractivity contribution < 1.29 is 13.9 Å². The fraction of sp³-hybridized carbons (Fsp3) is 0.588. The van der Waals surface area contributed by atoms with Crippen molar-refractivity contribution in [1.82, 2.24) is 9.80 Å². The van der Waals surface area contributed by atoms with Gasteiger partial charge in [0, 0.05) is 42.8 Å². The number of hydrogen-bond acceptors (Lipinski definition) is 3. The van der Waals surface area contributed by atoms with Gasteiger partial charge in [0.15, 0.2) is 0 Å². The van der Waals surface area contributed by atoms with Crippen LogP contribution in [0.3, 0.4) is 0 Å². The number of carbonyl (C=O) groups excluding carboxylic acids is 1. The van der Waals surface area contributed by atoms with E-state index in [1.54, 1.807) is 24.1 Å². The van der Waals surface area contributed by atoms with Crippen molar-refractivity contribution >= 4 is 22.0 Å². The molecule has 1 saturated heterocycles. The molecule has 1 heterocycles. The molecule has 0 aromatic heterocycles. The molecule has 0 unspecified atom stereocenters. The van der Waals surface area contributed by atoms with Gasteiger partial charge in [-0.15, -0.1) is 0 Å². The van der Waals surface area contributed by atoms with Crippen molar-refractivity contribution in [3.05, 3.63) is 34.1 Å². The Labute approximate surface area is 145 Å². The van der Waals surface area contributed by atoms with Gasteiger partial charge >= 0.3 is 6.09 Å². The van der Waals surface area contributed by atoms with E-state index < -0.39 is 5.60 Å². The van der Waals surface area contributed by atoms with E-state index in [9.17, 15) is 9.18 Å². The molecule has 2 rings (SSSR count). The van der Waals surface area contributed by atoms with Crippen LogP contribution in [0.15, 0.2) is 22.7 Å². The van der Waals surface area contributed by atoms with Gasteiger partial charge in [-0.1, -0.05) is 15.9 Å². The Hall–Kier alpha value is -1.14. The maximum absolute atomic E-state index is 13.9. The Morgan fingerprint density at radius 3 is 2.83 bits per heavy atom. The molecule has 0 radical (unpaired) electrons. The minimum atomic E-state index is -0.497. The first kappa shape index (κ1) is 18.2. The SMILES string of the molecule is CN(C(=O)OC(C)(C)C)[C@H]1CCN(Cc2cc(Br)ccc2F)C1. The predicted octanol–water partition coefficient (Wildman–Crippen LogP) is 4.03. The maximum Gasteiger partial charge on any atom is 0.410 e. The first-order valence-electron chi connectivity index (χ1n) is 7.78. The van der Waals surface area contributed by atoms with Crippen LogP contribution in [0.2, 0.25) is 0 Å². The summed E-state index contributed by atoms with van der Waals surface area (Å²) in [5.41, 5.74) is 0.170. The minimum absolute atomic E-state index is 0.0973. The van der Waals surface area contributed by atoms with Crippen molar-refractivity contribution in [2.75, 3.05) is 20.1 Å². The molecule has 1 aromatic carbocycles. The fourth-order valence-corrected chi connectivity index (χ4v) is 3.07. The van der Waals surface area contributed by atoms with Crippen LogP contribution < -0.4 is 0 Å². The first-order chi connectivity index (χ1) is 10.7. The molecule has 0 bridgehead atoms. The zero-order valence-corrected chi connectivity index (χ0v) is 15.7. The molecular formula is C17H24BrFN2O2. The second kappa shape index (κ2) is 7.18. The second-order valence-electron chi connectivity index (χ2n) is 7.00. The van der Waals surface area contributed by atoms with Gasteiger partial charge in [-0.05, 0) is 45.4 Å². The van der Waals surface area contributed by atoms with Gasteiger partial charge in [-0.2, -0.15) is 0 Å². The van der Waals surface area contributed by atoms with Crippen LogP contribution >= 0.6 is 15.9 Å². The molecule has 1 aliphatic heterocycles. The van der Waals surface area contributed by atoms with Crippen LogP contribution in [0.5, 0.6) is 0 Å². The summed E-state index contributed by atoms with van der Waals surface area (Å²) in [5, 5.41) is 0. The molecule has 0 aliphatic carbocycles. The summed E-state index contributed by atoms with van der Waals surface area (Å²) in [5.74, 6) is -0.197. The van der Waals surface area contributed by atoms with Crippen LogP contribution in [0, 0.1) is 5.82 Å². The molecule has 1 amide bonds. The van der Waals surface area contributed by atoms with E-state index in [1.165, 1.54) is 6.07 Å². The standard InChI is InChI=1S/C17H24BrFN2O2/c1-17(2,3)23-16(22)20(4)14-7-8-21(11-14)10-12-9-13(18)5-6-15(12)19/h5-6,9,14H,7-8,10-11H2,1-4H3/t14-/m0/s1. The quantitative estimate of drug-likeness (QED) is 0.785. The number of likely N-dealkylation sites (N-methyl/N-ethyl adjacent to an activating group) is 1. The highest BCUT2D eigenvalue weighted by atomic mass is 79.9. The van der Waals surface area contributed by atoms with E-state index in [4.69, 9.17) is 4.74 Å². The molecular weight excluding hydrogens is 363 g/mol. The fourth-order valence-electron chi connectivity index (χ4n) is 2.66. The summed E-state index contributed by atoms with van der Waals surface area (Å²) in [6, 6.07) is 5.07. The normalized spacial score (nSPS) is 19.0. The van der Waals surface area contributed by atoms with E-state index in [-0.39, 0.29) is 18.0 Å². The number of ether oxygens (including phenoxy) is 1. The highest BCUT2D eigenvalue weighted by Crippen LogP contribution is 2.22. The molecule has 0 saturated carbocycles. The molecule has 1 atom stereocenters. The Bertz CT molecular complexity index is 574. The summed E-state index contributed by atoms with van der Waals surface area (Å²) in [7, 11) is 1.77. The van der Waals surface area contributed by atoms with Crippen molar-refractivity contribution in [3.8, 4) is 0 Å². The molecule has 1 aromatic rings. The van der Waals surface area contributed by atoms with Gasteiger partial charge in [0.2, 0.25) is 0 Å². The van der Waals surface area contributed by atoms with E-state index in [0.717, 1.165) is 24.0 Å². The van der Waals surface area contributed by atoms with Crippen LogP contribution in [0.4, 0.5) is 9.18 Å². The third-order valence-corrected chi connectivity index (χ3v) is 4.37. The smallest absolute Gasteiger partial charge is 0.410 e. The van der Waals surface area contributed by atoms with E-state index in [2.05, 4.69) is 20.8 Å². The highest BCUT2D eigenvalue weighted by Gasteiger charge is 2.31. The Morgan fingerprint density at radius 2 is 2.17 bits per heavy atom. The van der Waals surface area contributed by atoms with Gasteiger partial charge in [-0.25, -0.2) is 9.18 Å². The largest absolute Gasteiger partial charge is 0.444 e. The predicted molar refractivity (Wildman–Crippen MR) is 91.8 cm³/mol. The molecule has 4 nitrogen and oxygen atoms in total. The Kier molecular flexibility index (Phi) is 5.68. The molecule has 0 N–H and O–H groups in total. The summed E-state index contributed by atoms with van der Waals surface area (Å²) in [6.45, 7) is 7.68. The van der Waals surface area contributed by atoms with Gasteiger partial charge < -0.3 is 9.64 Å². The lowest BCUT2D eigenvalue weighted by atomic mass is 10.2. The number of carbonyl (C=O) groups is 1. The molecule has 0 spiro atoms. The maximum atomic E-state index is 13.9. The Balaban J connectivity index is 1.93. The number of amides is 1. The lowest BCUT2D eigenvalue weighted by Crippen LogP contribution is -2.42. The second-order valence-corrected chi connectivity index (χ2v) is 7.92. The lowest BCUT2D eigenvalue weighted by Gasteiger charge is -2.28. The topological polar surface area (TPSA) is 32.8 Å². The first-order valence-corrected chi connectivity index (χ1v) is 8.57.